The summed E-state index contributed by atoms with van der Waals surface area (Å²) in [7, 11) is -8.37. The second kappa shape index (κ2) is 24.6. The number of sulfonamides is 2. The van der Waals surface area contributed by atoms with Gasteiger partial charge in [-0.1, -0.05) is 0 Å². The maximum atomic E-state index is 14.2. The zero-order valence-electron chi connectivity index (χ0n) is 39.6. The van der Waals surface area contributed by atoms with Crippen molar-refractivity contribution in [3.05, 3.63) is 143 Å². The first kappa shape index (κ1) is 60.3. The SMILES string of the molecule is Cc1nc(CCC(=O)[C@@H]2C[C@@H](F)CN2S(=O)(=O)c2ccc(F)cc2)cc(-c2ccc(C(F)(F)F)nc2)n1.Cc1nc(CN)cc(-c2ccc(C(F)(F)F)nc2)n1.Cl.O=C(O)[C@@H]1C[C@@H](F)CN1S(=O)(=O)c1ccc(F)cc1. The Morgan fingerprint density at radius 1 is 0.632 bits per heavy atom. The van der Waals surface area contributed by atoms with E-state index < -0.39 is 105 Å². The minimum Gasteiger partial charge on any atom is -0.480 e. The molecule has 0 bridgehead atoms. The number of aromatic nitrogens is 6. The highest BCUT2D eigenvalue weighted by atomic mass is 35.5. The number of halogens is 11. The van der Waals surface area contributed by atoms with Gasteiger partial charge in [0.05, 0.1) is 32.9 Å². The summed E-state index contributed by atoms with van der Waals surface area (Å²) in [6.07, 6.45) is -10.7. The number of rotatable bonds is 12. The number of aliphatic carboxylic acids is 1. The number of nitrogens with two attached hydrogens (primary N) is 1. The van der Waals surface area contributed by atoms with Gasteiger partial charge in [0.1, 0.15) is 53.1 Å². The average molecular weight is 1140 g/mol. The number of aryl methyl sites for hydroxylation is 3. The van der Waals surface area contributed by atoms with Crippen molar-refractivity contribution in [2.24, 2.45) is 5.73 Å². The normalized spacial score (nSPS) is 18.2. The van der Waals surface area contributed by atoms with Crippen molar-refractivity contribution in [3.63, 3.8) is 0 Å². The van der Waals surface area contributed by atoms with Crippen LogP contribution in [0.2, 0.25) is 0 Å². The molecule has 0 radical (unpaired) electrons. The third-order valence-corrected chi connectivity index (χ3v) is 15.0. The molecular weight excluding hydrogens is 1090 g/mol. The number of alkyl halides is 8. The zero-order valence-corrected chi connectivity index (χ0v) is 42.0. The van der Waals surface area contributed by atoms with E-state index in [1.54, 1.807) is 19.9 Å². The van der Waals surface area contributed by atoms with E-state index in [4.69, 9.17) is 10.8 Å². The summed E-state index contributed by atoms with van der Waals surface area (Å²) in [6.45, 7) is 2.52. The summed E-state index contributed by atoms with van der Waals surface area (Å²) < 4.78 is 181. The number of ketones is 1. The number of benzene rings is 2. The molecule has 2 aromatic carbocycles. The molecule has 2 saturated heterocycles. The molecular formula is C47H44ClF10N9O7S2. The first-order valence-corrected chi connectivity index (χ1v) is 25.0. The summed E-state index contributed by atoms with van der Waals surface area (Å²) in [4.78, 5) is 47.0. The smallest absolute Gasteiger partial charge is 0.433 e. The maximum Gasteiger partial charge on any atom is 0.433 e. The molecule has 0 saturated carbocycles. The second-order valence-electron chi connectivity index (χ2n) is 16.7. The fourth-order valence-electron chi connectivity index (χ4n) is 7.68. The van der Waals surface area contributed by atoms with Crippen LogP contribution in [0.25, 0.3) is 22.5 Å². The van der Waals surface area contributed by atoms with E-state index in [1.165, 1.54) is 18.2 Å². The largest absolute Gasteiger partial charge is 0.480 e. The summed E-state index contributed by atoms with van der Waals surface area (Å²) in [5.74, 6) is -2.34. The van der Waals surface area contributed by atoms with E-state index >= 15 is 0 Å². The molecule has 2 fully saturated rings. The minimum atomic E-state index is -4.58. The van der Waals surface area contributed by atoms with E-state index in [1.807, 2.05) is 0 Å². The predicted molar refractivity (Wildman–Crippen MR) is 253 cm³/mol. The first-order valence-electron chi connectivity index (χ1n) is 22.1. The number of pyridine rings is 2. The number of carbonyl (C=O) groups excluding carboxylic acids is 1. The van der Waals surface area contributed by atoms with Crippen molar-refractivity contribution in [3.8, 4) is 22.5 Å². The van der Waals surface area contributed by atoms with Crippen molar-refractivity contribution in [1.29, 1.82) is 0 Å². The molecule has 0 spiro atoms. The predicted octanol–water partition coefficient (Wildman–Crippen LogP) is 8.07. The van der Waals surface area contributed by atoms with E-state index in [9.17, 15) is 70.3 Å². The number of hydrogen-bond donors (Lipinski definition) is 2. The van der Waals surface area contributed by atoms with Gasteiger partial charge in [0.15, 0.2) is 5.78 Å². The van der Waals surface area contributed by atoms with Crippen LogP contribution in [0.15, 0.2) is 107 Å². The summed E-state index contributed by atoms with van der Waals surface area (Å²) in [6, 6.07) is 12.8. The van der Waals surface area contributed by atoms with Crippen LogP contribution in [-0.2, 0) is 55.0 Å². The molecule has 0 amide bonds. The monoisotopic (exact) mass is 1140 g/mol. The van der Waals surface area contributed by atoms with Gasteiger partial charge in [-0.25, -0.2) is 54.3 Å². The molecule has 76 heavy (non-hydrogen) atoms. The third-order valence-electron chi connectivity index (χ3n) is 11.2. The van der Waals surface area contributed by atoms with Gasteiger partial charge in [-0.3, -0.25) is 19.6 Å². The van der Waals surface area contributed by atoms with Crippen molar-refractivity contribution in [2.45, 2.75) is 92.6 Å². The molecule has 3 N–H and O–H groups in total. The number of carboxylic acids is 1. The van der Waals surface area contributed by atoms with E-state index in [0.717, 1.165) is 77.4 Å². The quantitative estimate of drug-likeness (QED) is 0.110. The Kier molecular flexibility index (Phi) is 19.5. The van der Waals surface area contributed by atoms with Crippen LogP contribution >= 0.6 is 12.4 Å². The van der Waals surface area contributed by atoms with Gasteiger partial charge in [0.25, 0.3) is 0 Å². The Morgan fingerprint density at radius 3 is 1.41 bits per heavy atom. The standard InChI is InChI=1S/C24H21F5N4O3S.C12H11F3N4.C11H11F2NO4S.ClH/c1-14-31-18(11-20(32-14)15-2-9-23(30-12-15)24(27,28)29)5-8-22(34)21-10-17(26)13-33(21)37(35,36)19-6-3-16(25)4-7-19;1-7-18-9(5-16)4-10(19-7)8-2-3-11(17-6-8)12(13,14)15;12-7-1-3-9(4-2-7)19(17,18)14-6-8(13)5-10(14)11(15)16;/h2-4,6-7,9,11-12,17,21H,5,8,10,13H2,1H3;2-4,6H,5,16H2,1H3;1-4,8,10H,5-6H2,(H,15,16);1H/t17-,21+;;8-,10+;/m1.1./s1. The number of carboxylic acid groups (broad SMARTS) is 1. The van der Waals surface area contributed by atoms with Gasteiger partial charge in [-0.15, -0.1) is 12.4 Å². The van der Waals surface area contributed by atoms with E-state index in [0.29, 0.717) is 49.9 Å². The molecule has 0 unspecified atom stereocenters. The zero-order chi connectivity index (χ0) is 55.2. The van der Waals surface area contributed by atoms with Crippen molar-refractivity contribution < 1.29 is 75.4 Å². The van der Waals surface area contributed by atoms with Gasteiger partial charge in [0, 0.05) is 68.1 Å². The Balaban J connectivity index is 0.000000230. The van der Waals surface area contributed by atoms with E-state index in [-0.39, 0.29) is 54.4 Å². The molecule has 4 aromatic heterocycles. The first-order chi connectivity index (χ1) is 35.1. The summed E-state index contributed by atoms with van der Waals surface area (Å²) in [5.41, 5.74) is 6.17. The van der Waals surface area contributed by atoms with Crippen molar-refractivity contribution in [2.75, 3.05) is 13.1 Å². The average Bonchev–Trinajstić information content (AvgIpc) is 3.97. The summed E-state index contributed by atoms with van der Waals surface area (Å²) >= 11 is 0. The summed E-state index contributed by atoms with van der Waals surface area (Å²) in [5, 5.41) is 8.92. The number of carbonyl (C=O) groups is 2. The van der Waals surface area contributed by atoms with Gasteiger partial charge in [-0.05, 0) is 105 Å². The molecule has 6 aromatic rings. The van der Waals surface area contributed by atoms with Crippen LogP contribution in [-0.4, -0.2) is 110 Å². The van der Waals surface area contributed by atoms with Crippen LogP contribution in [0.5, 0.6) is 0 Å². The molecule has 2 aliphatic rings. The fourth-order valence-corrected chi connectivity index (χ4v) is 10.9. The highest BCUT2D eigenvalue weighted by Crippen LogP contribution is 2.33. The lowest BCUT2D eigenvalue weighted by molar-refractivity contribution is -0.141. The van der Waals surface area contributed by atoms with Gasteiger partial charge >= 0.3 is 18.3 Å². The van der Waals surface area contributed by atoms with Crippen molar-refractivity contribution in [1.82, 2.24) is 38.5 Å². The lowest BCUT2D eigenvalue weighted by Crippen LogP contribution is -2.40. The van der Waals surface area contributed by atoms with Gasteiger partial charge < -0.3 is 10.8 Å². The molecule has 0 aliphatic carbocycles. The van der Waals surface area contributed by atoms with Crippen LogP contribution in [0.3, 0.4) is 0 Å². The number of nitrogens with zero attached hydrogens (tertiary/aromatic N) is 8. The van der Waals surface area contributed by atoms with Crippen LogP contribution in [0.1, 0.15) is 53.7 Å². The topological polar surface area (TPSA) is 232 Å². The third kappa shape index (κ3) is 15.1. The molecule has 6 heterocycles. The lowest BCUT2D eigenvalue weighted by Gasteiger charge is -2.22. The molecule has 8 rings (SSSR count). The van der Waals surface area contributed by atoms with Crippen LogP contribution in [0, 0.1) is 25.5 Å². The molecule has 29 heteroatoms. The second-order valence-corrected chi connectivity index (χ2v) is 20.5. The molecule has 2 aliphatic heterocycles. The lowest BCUT2D eigenvalue weighted by atomic mass is 10.0. The van der Waals surface area contributed by atoms with Gasteiger partial charge in [-0.2, -0.15) is 35.0 Å². The number of hydrogen-bond acceptors (Lipinski definition) is 13. The van der Waals surface area contributed by atoms with Crippen LogP contribution < -0.4 is 5.73 Å². The fraction of sp³-hybridized carbons (Fsp3) is 0.319. The maximum absolute atomic E-state index is 14.2. The Morgan fingerprint density at radius 2 is 1.03 bits per heavy atom. The minimum absolute atomic E-state index is 0. The van der Waals surface area contributed by atoms with E-state index in [2.05, 4.69) is 29.9 Å². The highest BCUT2D eigenvalue weighted by Gasteiger charge is 2.45. The Labute approximate surface area is 434 Å². The number of Topliss-reactive ketones (excluding diaryl/α,β-unsaturated/α-hetero) is 1. The van der Waals surface area contributed by atoms with Gasteiger partial charge in [0.2, 0.25) is 20.0 Å². The molecule has 408 valence electrons. The Hall–Kier alpha value is -6.59. The Bertz CT molecular complexity index is 3220. The highest BCUT2D eigenvalue weighted by molar-refractivity contribution is 7.89. The molecule has 4 atom stereocenters. The van der Waals surface area contributed by atoms with Crippen LogP contribution in [0.4, 0.5) is 43.9 Å². The van der Waals surface area contributed by atoms with Crippen molar-refractivity contribution >= 4 is 44.2 Å². The molecule has 16 nitrogen and oxygen atoms in total.